The molecule has 0 aromatic rings. The number of amides is 4. The first-order chi connectivity index (χ1) is 18.6. The third-order valence-electron chi connectivity index (χ3n) is 5.63. The molecule has 12 nitrogen and oxygen atoms in total. The third kappa shape index (κ3) is 15.0. The normalized spacial score (nSPS) is 16.2. The predicted molar refractivity (Wildman–Crippen MR) is 143 cm³/mol. The van der Waals surface area contributed by atoms with Crippen molar-refractivity contribution in [1.29, 1.82) is 0 Å². The number of unbranched alkanes of at least 4 members (excludes halogenated alkanes) is 4. The summed E-state index contributed by atoms with van der Waals surface area (Å²) in [5, 5.41) is 0. The Kier molecular flexibility index (Phi) is 21.0. The monoisotopic (exact) mass is 548 g/mol. The van der Waals surface area contributed by atoms with Gasteiger partial charge in [-0.2, -0.15) is 0 Å². The topological polar surface area (TPSA) is 102 Å². The standard InChI is InChI=1S/2C13H26N2O4/c2*1-3-5-7-17-9-14-11-19-12-15(13(14)16)10-18-8-6-4-2/h2*3-12H2,1-2H3. The van der Waals surface area contributed by atoms with E-state index in [0.717, 1.165) is 51.4 Å². The molecule has 0 bridgehead atoms. The second-order valence-electron chi connectivity index (χ2n) is 9.21. The summed E-state index contributed by atoms with van der Waals surface area (Å²) < 4.78 is 32.4. The number of urea groups is 2. The predicted octanol–water partition coefficient (Wildman–Crippen LogP) is 4.41. The van der Waals surface area contributed by atoms with Gasteiger partial charge in [0.15, 0.2) is 0 Å². The van der Waals surface area contributed by atoms with Crippen LogP contribution in [0.3, 0.4) is 0 Å². The van der Waals surface area contributed by atoms with E-state index < -0.39 is 0 Å². The number of hydrogen-bond donors (Lipinski definition) is 0. The highest BCUT2D eigenvalue weighted by Crippen LogP contribution is 2.09. The Morgan fingerprint density at radius 2 is 0.737 bits per heavy atom. The summed E-state index contributed by atoms with van der Waals surface area (Å²) in [6, 6.07) is -0.168. The van der Waals surface area contributed by atoms with Crippen molar-refractivity contribution in [3.63, 3.8) is 0 Å². The van der Waals surface area contributed by atoms with E-state index in [9.17, 15) is 9.59 Å². The van der Waals surface area contributed by atoms with Crippen LogP contribution >= 0.6 is 0 Å². The number of carbonyl (C=O) groups is 2. The van der Waals surface area contributed by atoms with Crippen LogP contribution in [0.4, 0.5) is 9.59 Å². The molecule has 0 atom stereocenters. The molecule has 0 spiro atoms. The molecule has 4 amide bonds. The van der Waals surface area contributed by atoms with Gasteiger partial charge in [-0.15, -0.1) is 0 Å². The lowest BCUT2D eigenvalue weighted by atomic mass is 10.4. The molecular weight excluding hydrogens is 496 g/mol. The maximum Gasteiger partial charge on any atom is 0.327 e. The van der Waals surface area contributed by atoms with E-state index in [1.807, 2.05) is 0 Å². The highest BCUT2D eigenvalue weighted by Gasteiger charge is 2.27. The molecule has 0 unspecified atom stereocenters. The van der Waals surface area contributed by atoms with Crippen molar-refractivity contribution in [2.45, 2.75) is 79.1 Å². The maximum absolute atomic E-state index is 12.1. The maximum atomic E-state index is 12.1. The molecule has 2 fully saturated rings. The Balaban J connectivity index is 0.000000380. The zero-order valence-corrected chi connectivity index (χ0v) is 24.2. The van der Waals surface area contributed by atoms with Crippen LogP contribution in [0.15, 0.2) is 0 Å². The Bertz CT molecular complexity index is 508. The average molecular weight is 549 g/mol. The molecule has 0 radical (unpaired) electrons. The Hall–Kier alpha value is -1.70. The molecule has 0 aromatic carbocycles. The molecule has 0 N–H and O–H groups in total. The number of ether oxygens (including phenoxy) is 6. The number of hydrogen-bond acceptors (Lipinski definition) is 8. The first-order valence-corrected chi connectivity index (χ1v) is 14.1. The lowest BCUT2D eigenvalue weighted by Crippen LogP contribution is -2.51. The molecule has 38 heavy (non-hydrogen) atoms. The third-order valence-corrected chi connectivity index (χ3v) is 5.63. The average Bonchev–Trinajstić information content (AvgIpc) is 2.93. The summed E-state index contributed by atoms with van der Waals surface area (Å²) in [5.74, 6) is 0. The SMILES string of the molecule is CCCCOCN1COCN(COCCCC)C1=O.CCCCOCN1COCN(COCCCC)C1=O. The molecule has 2 aliphatic heterocycles. The minimum atomic E-state index is -0.0840. The van der Waals surface area contributed by atoms with Gasteiger partial charge in [0.05, 0.1) is 0 Å². The number of carbonyl (C=O) groups excluding carboxylic acids is 2. The van der Waals surface area contributed by atoms with E-state index in [0.29, 0.717) is 26.4 Å². The zero-order chi connectivity index (χ0) is 27.8. The van der Waals surface area contributed by atoms with Crippen molar-refractivity contribution in [3.8, 4) is 0 Å². The molecule has 12 heteroatoms. The van der Waals surface area contributed by atoms with Crippen LogP contribution in [-0.2, 0) is 28.4 Å². The van der Waals surface area contributed by atoms with Crippen LogP contribution in [0.5, 0.6) is 0 Å². The van der Waals surface area contributed by atoms with E-state index in [1.54, 1.807) is 19.6 Å². The van der Waals surface area contributed by atoms with Gasteiger partial charge in [0.2, 0.25) is 0 Å². The smallest absolute Gasteiger partial charge is 0.327 e. The van der Waals surface area contributed by atoms with E-state index in [4.69, 9.17) is 28.4 Å². The van der Waals surface area contributed by atoms with Crippen LogP contribution in [-0.4, -0.2) is 112 Å². The summed E-state index contributed by atoms with van der Waals surface area (Å²) in [4.78, 5) is 30.3. The second kappa shape index (κ2) is 23.2. The van der Waals surface area contributed by atoms with Gasteiger partial charge in [-0.25, -0.2) is 9.59 Å². The van der Waals surface area contributed by atoms with Gasteiger partial charge >= 0.3 is 12.1 Å². The fourth-order valence-corrected chi connectivity index (χ4v) is 3.20. The van der Waals surface area contributed by atoms with E-state index in [1.165, 1.54) is 0 Å². The molecule has 0 aliphatic carbocycles. The van der Waals surface area contributed by atoms with Gasteiger partial charge in [-0.1, -0.05) is 53.4 Å². The summed E-state index contributed by atoms with van der Waals surface area (Å²) in [6.45, 7) is 13.4. The van der Waals surface area contributed by atoms with Crippen molar-refractivity contribution >= 4 is 12.1 Å². The molecule has 0 saturated carbocycles. The molecule has 2 saturated heterocycles. The second-order valence-corrected chi connectivity index (χ2v) is 9.21. The van der Waals surface area contributed by atoms with Crippen LogP contribution in [0.1, 0.15) is 79.1 Å². The summed E-state index contributed by atoms with van der Waals surface area (Å²) >= 11 is 0. The minimum absolute atomic E-state index is 0.0840. The highest BCUT2D eigenvalue weighted by molar-refractivity contribution is 5.74. The van der Waals surface area contributed by atoms with Crippen LogP contribution < -0.4 is 0 Å². The van der Waals surface area contributed by atoms with Crippen LogP contribution in [0, 0.1) is 0 Å². The molecule has 0 aromatic heterocycles. The molecule has 2 aliphatic rings. The van der Waals surface area contributed by atoms with Gasteiger partial charge in [0.25, 0.3) is 0 Å². The highest BCUT2D eigenvalue weighted by atomic mass is 16.6. The van der Waals surface area contributed by atoms with Gasteiger partial charge < -0.3 is 28.4 Å². The van der Waals surface area contributed by atoms with Crippen molar-refractivity contribution in [3.05, 3.63) is 0 Å². The van der Waals surface area contributed by atoms with Gasteiger partial charge in [0.1, 0.15) is 53.8 Å². The minimum Gasteiger partial charge on any atom is -0.361 e. The summed E-state index contributed by atoms with van der Waals surface area (Å²) in [7, 11) is 0. The van der Waals surface area contributed by atoms with Crippen LogP contribution in [0.25, 0.3) is 0 Å². The van der Waals surface area contributed by atoms with Crippen molar-refractivity contribution in [2.75, 3.05) is 80.3 Å². The number of nitrogens with zero attached hydrogens (tertiary/aromatic N) is 4. The fraction of sp³-hybridized carbons (Fsp3) is 0.923. The van der Waals surface area contributed by atoms with Crippen LogP contribution in [0.2, 0.25) is 0 Å². The molecule has 224 valence electrons. The number of rotatable bonds is 20. The largest absolute Gasteiger partial charge is 0.361 e. The Labute approximate surface area is 229 Å². The lowest BCUT2D eigenvalue weighted by molar-refractivity contribution is -0.112. The Morgan fingerprint density at radius 1 is 0.500 bits per heavy atom. The Morgan fingerprint density at radius 3 is 0.947 bits per heavy atom. The molecular formula is C26H52N4O8. The van der Waals surface area contributed by atoms with E-state index in [2.05, 4.69) is 27.7 Å². The first-order valence-electron chi connectivity index (χ1n) is 14.1. The first kappa shape index (κ1) is 34.3. The molecule has 2 heterocycles. The van der Waals surface area contributed by atoms with Gasteiger partial charge in [0, 0.05) is 26.4 Å². The van der Waals surface area contributed by atoms with Gasteiger partial charge in [-0.05, 0) is 25.7 Å². The van der Waals surface area contributed by atoms with Crippen molar-refractivity contribution < 1.29 is 38.0 Å². The van der Waals surface area contributed by atoms with E-state index >= 15 is 0 Å². The summed E-state index contributed by atoms with van der Waals surface area (Å²) in [6.07, 6.45) is 8.37. The van der Waals surface area contributed by atoms with Crippen molar-refractivity contribution in [2.24, 2.45) is 0 Å². The fourth-order valence-electron chi connectivity index (χ4n) is 3.20. The van der Waals surface area contributed by atoms with E-state index in [-0.39, 0.29) is 65.9 Å². The van der Waals surface area contributed by atoms with Crippen molar-refractivity contribution in [1.82, 2.24) is 19.6 Å². The quantitative estimate of drug-likeness (QED) is 0.206. The van der Waals surface area contributed by atoms with Gasteiger partial charge in [-0.3, -0.25) is 19.6 Å². The molecule has 2 rings (SSSR count). The zero-order valence-electron chi connectivity index (χ0n) is 24.2. The summed E-state index contributed by atoms with van der Waals surface area (Å²) in [5.41, 5.74) is 0. The lowest BCUT2D eigenvalue weighted by Gasteiger charge is -2.34.